The van der Waals surface area contributed by atoms with Gasteiger partial charge >= 0.3 is 0 Å². The third-order valence-corrected chi connectivity index (χ3v) is 13.7. The Morgan fingerprint density at radius 1 is 0.724 bits per heavy atom. The smallest absolute Gasteiger partial charge is 0.217 e. The standard InChI is InChI=1S/C53H61N3O2/c1-29-17-18-54-46-44(29)38-25-36(49(8,9)10)26-41-45(38)56(46)42-27-43(32(4)21-40(42)51(41,14)15)57-37-23-33(22-35(24-37)48(5,6)7)47-55-52(16)39-20-31(3)30(2)19-34(39)28-53(52,58-47)50(11,12)13/h17-27H,28H2,1-16H3/t52-,53-/m1/s1/i28D2. The molecule has 0 bridgehead atoms. The molecule has 0 saturated carbocycles. The van der Waals surface area contributed by atoms with Gasteiger partial charge in [-0.15, -0.1) is 0 Å². The molecule has 2 aliphatic heterocycles. The lowest BCUT2D eigenvalue weighted by atomic mass is 9.66. The second-order valence-corrected chi connectivity index (χ2v) is 21.3. The number of nitrogens with zero attached hydrogens (tertiary/aromatic N) is 3. The summed E-state index contributed by atoms with van der Waals surface area (Å²) in [5.41, 5.74) is 11.5. The first-order valence-electron chi connectivity index (χ1n) is 22.0. The maximum atomic E-state index is 9.82. The number of aliphatic imine (C=N–C) groups is 1. The van der Waals surface area contributed by atoms with Crippen molar-refractivity contribution in [1.82, 2.24) is 9.55 Å². The van der Waals surface area contributed by atoms with Crippen molar-refractivity contribution in [2.75, 3.05) is 0 Å². The van der Waals surface area contributed by atoms with Crippen LogP contribution in [0.15, 0.2) is 71.9 Å². The summed E-state index contributed by atoms with van der Waals surface area (Å²) in [5.74, 6) is 1.88. The number of hydrogen-bond acceptors (Lipinski definition) is 4. The maximum Gasteiger partial charge on any atom is 0.217 e. The number of aromatic nitrogens is 2. The SMILES string of the molecule is [2H]C1([2H])c2cc(C)c(C)cc2[C@@]2(C)N=C(c3cc(Oc4cc5c(cc4C)C(C)(C)c4cc(C(C)(C)C)cc6c7c(C)ccnc7n-5c46)cc(C(C)(C)C)c3)O[C@@]12C(C)(C)C. The van der Waals surface area contributed by atoms with Gasteiger partial charge < -0.3 is 9.47 Å². The van der Waals surface area contributed by atoms with Crippen LogP contribution in [0.25, 0.3) is 27.6 Å². The zero-order valence-electron chi connectivity index (χ0n) is 39.5. The van der Waals surface area contributed by atoms with Gasteiger partial charge in [-0.2, -0.15) is 0 Å². The fourth-order valence-electron chi connectivity index (χ4n) is 9.97. The normalized spacial score (nSPS) is 22.2. The van der Waals surface area contributed by atoms with Crippen LogP contribution in [0, 0.1) is 33.1 Å². The Balaban J connectivity index is 1.22. The molecule has 3 aliphatic rings. The van der Waals surface area contributed by atoms with Crippen LogP contribution >= 0.6 is 0 Å². The number of benzene rings is 4. The summed E-state index contributed by atoms with van der Waals surface area (Å²) in [6.45, 7) is 34.9. The van der Waals surface area contributed by atoms with Gasteiger partial charge in [-0.05, 0) is 137 Å². The summed E-state index contributed by atoms with van der Waals surface area (Å²) in [4.78, 5) is 10.5. The van der Waals surface area contributed by atoms with Gasteiger partial charge in [0.15, 0.2) is 0 Å². The molecule has 0 unspecified atom stereocenters. The van der Waals surface area contributed by atoms with E-state index in [4.69, 9.17) is 19.5 Å². The van der Waals surface area contributed by atoms with Gasteiger partial charge in [0, 0.05) is 48.5 Å². The van der Waals surface area contributed by atoms with E-state index in [1.54, 1.807) is 0 Å². The van der Waals surface area contributed by atoms with Crippen molar-refractivity contribution >= 4 is 27.8 Å². The van der Waals surface area contributed by atoms with Crippen LogP contribution in [0.1, 0.15) is 147 Å². The number of hydrogen-bond donors (Lipinski definition) is 0. The maximum absolute atomic E-state index is 9.82. The molecule has 2 atom stereocenters. The Labute approximate surface area is 348 Å². The van der Waals surface area contributed by atoms with E-state index in [0.717, 1.165) is 50.5 Å². The van der Waals surface area contributed by atoms with Crippen molar-refractivity contribution in [2.24, 2.45) is 10.4 Å². The number of pyridine rings is 1. The lowest BCUT2D eigenvalue weighted by molar-refractivity contribution is -0.0673. The van der Waals surface area contributed by atoms with Gasteiger partial charge in [0.1, 0.15) is 28.3 Å². The summed E-state index contributed by atoms with van der Waals surface area (Å²) < 4.78 is 36.2. The molecule has 5 heteroatoms. The van der Waals surface area contributed by atoms with E-state index in [1.165, 1.54) is 38.5 Å². The van der Waals surface area contributed by atoms with Crippen molar-refractivity contribution in [3.63, 3.8) is 0 Å². The Kier molecular flexibility index (Phi) is 7.40. The molecule has 0 amide bonds. The van der Waals surface area contributed by atoms with Gasteiger partial charge in [-0.1, -0.05) is 94.4 Å². The molecule has 5 nitrogen and oxygen atoms in total. The first-order chi connectivity index (χ1) is 27.6. The number of fused-ring (bicyclic) bond motifs is 8. The first kappa shape index (κ1) is 36.2. The molecule has 0 fully saturated rings. The third kappa shape index (κ3) is 5.26. The summed E-state index contributed by atoms with van der Waals surface area (Å²) in [6.07, 6.45) is 0.107. The molecule has 0 spiro atoms. The molecule has 6 aromatic rings. The highest BCUT2D eigenvalue weighted by Gasteiger charge is 2.66. The number of aryl methyl sites for hydroxylation is 4. The van der Waals surface area contributed by atoms with Crippen LogP contribution in [0.5, 0.6) is 11.5 Å². The largest absolute Gasteiger partial charge is 0.467 e. The zero-order chi connectivity index (χ0) is 43.7. The van der Waals surface area contributed by atoms with Crippen LogP contribution in [0.4, 0.5) is 0 Å². The molecule has 58 heavy (non-hydrogen) atoms. The van der Waals surface area contributed by atoms with Gasteiger partial charge in [-0.3, -0.25) is 4.57 Å². The van der Waals surface area contributed by atoms with Gasteiger partial charge in [-0.25, -0.2) is 9.98 Å². The van der Waals surface area contributed by atoms with Crippen molar-refractivity contribution in [3.05, 3.63) is 128 Å². The topological polar surface area (TPSA) is 48.6 Å². The highest BCUT2D eigenvalue weighted by Crippen LogP contribution is 2.61. The predicted molar refractivity (Wildman–Crippen MR) is 241 cm³/mol. The van der Waals surface area contributed by atoms with Gasteiger partial charge in [0.05, 0.1) is 11.2 Å². The minimum absolute atomic E-state index is 0.0211. The highest BCUT2D eigenvalue weighted by atomic mass is 16.5. The van der Waals surface area contributed by atoms with E-state index in [1.807, 2.05) is 25.3 Å². The lowest BCUT2D eigenvalue weighted by Crippen LogP contribution is -2.54. The van der Waals surface area contributed by atoms with Crippen molar-refractivity contribution < 1.29 is 12.2 Å². The van der Waals surface area contributed by atoms with Gasteiger partial charge in [0.25, 0.3) is 0 Å². The van der Waals surface area contributed by atoms with E-state index < -0.39 is 22.9 Å². The molecule has 2 aromatic heterocycles. The van der Waals surface area contributed by atoms with Crippen LogP contribution in [0.2, 0.25) is 0 Å². The van der Waals surface area contributed by atoms with E-state index in [-0.39, 0.29) is 16.2 Å². The highest BCUT2D eigenvalue weighted by molar-refractivity contribution is 6.12. The quantitative estimate of drug-likeness (QED) is 0.180. The summed E-state index contributed by atoms with van der Waals surface area (Å²) in [5, 5.41) is 2.43. The molecular formula is C53H61N3O2. The Morgan fingerprint density at radius 3 is 2.05 bits per heavy atom. The van der Waals surface area contributed by atoms with E-state index in [2.05, 4.69) is 157 Å². The van der Waals surface area contributed by atoms with Crippen molar-refractivity contribution in [2.45, 2.75) is 145 Å². The summed E-state index contributed by atoms with van der Waals surface area (Å²) >= 11 is 0. The molecular weight excluding hydrogens is 711 g/mol. The third-order valence-electron chi connectivity index (χ3n) is 13.7. The Morgan fingerprint density at radius 2 is 1.38 bits per heavy atom. The second-order valence-electron chi connectivity index (χ2n) is 21.3. The molecule has 1 aliphatic carbocycles. The Bertz CT molecular complexity index is 2890. The van der Waals surface area contributed by atoms with Crippen molar-refractivity contribution in [1.29, 1.82) is 0 Å². The monoisotopic (exact) mass is 773 g/mol. The molecule has 0 radical (unpaired) electrons. The molecule has 9 rings (SSSR count). The number of rotatable bonds is 3. The predicted octanol–water partition coefficient (Wildman–Crippen LogP) is 13.5. The molecule has 4 heterocycles. The summed E-state index contributed by atoms with van der Waals surface area (Å²) in [6, 6.07) is 21.9. The van der Waals surface area contributed by atoms with E-state index in [0.29, 0.717) is 17.2 Å². The van der Waals surface area contributed by atoms with Crippen LogP contribution < -0.4 is 4.74 Å². The first-order valence-corrected chi connectivity index (χ1v) is 21.0. The average molecular weight is 774 g/mol. The van der Waals surface area contributed by atoms with Crippen LogP contribution in [0.3, 0.4) is 0 Å². The Hall–Kier alpha value is -4.90. The van der Waals surface area contributed by atoms with E-state index in [9.17, 15) is 2.74 Å². The van der Waals surface area contributed by atoms with Gasteiger partial charge in [0.2, 0.25) is 5.90 Å². The fourth-order valence-corrected chi connectivity index (χ4v) is 9.97. The van der Waals surface area contributed by atoms with E-state index >= 15 is 0 Å². The molecule has 300 valence electrons. The molecule has 0 N–H and O–H groups in total. The van der Waals surface area contributed by atoms with Crippen LogP contribution in [-0.2, 0) is 32.9 Å². The second kappa shape index (κ2) is 11.9. The minimum atomic E-state index is -1.82. The molecule has 0 saturated heterocycles. The zero-order valence-corrected chi connectivity index (χ0v) is 37.5. The lowest BCUT2D eigenvalue weighted by Gasteiger charge is -2.45. The fraction of sp³-hybridized carbons (Fsp3) is 0.434. The number of ether oxygens (including phenoxy) is 2. The van der Waals surface area contributed by atoms with Crippen LogP contribution in [-0.4, -0.2) is 21.0 Å². The summed E-state index contributed by atoms with van der Waals surface area (Å²) in [7, 11) is 0. The average Bonchev–Trinajstić information content (AvgIpc) is 3.70. The van der Waals surface area contributed by atoms with Crippen molar-refractivity contribution in [3.8, 4) is 17.2 Å². The minimum Gasteiger partial charge on any atom is -0.467 e. The molecule has 4 aromatic carbocycles.